The van der Waals surface area contributed by atoms with Gasteiger partial charge >= 0.3 is 6.09 Å². The topological polar surface area (TPSA) is 141 Å². The van der Waals surface area contributed by atoms with E-state index in [2.05, 4.69) is 20.3 Å². The molecule has 3 aromatic rings. The van der Waals surface area contributed by atoms with Crippen LogP contribution >= 0.6 is 11.8 Å². The zero-order chi connectivity index (χ0) is 23.4. The molecule has 1 aliphatic rings. The van der Waals surface area contributed by atoms with Crippen LogP contribution in [-0.2, 0) is 15.2 Å². The van der Waals surface area contributed by atoms with E-state index in [9.17, 15) is 15.0 Å². The molecule has 33 heavy (non-hydrogen) atoms. The highest BCUT2D eigenvalue weighted by atomic mass is 32.2. The number of alkyl carbamates (subject to hydrolysis) is 1. The summed E-state index contributed by atoms with van der Waals surface area (Å²) in [6.45, 7) is 1.97. The second-order valence-corrected chi connectivity index (χ2v) is 8.28. The zero-order valence-electron chi connectivity index (χ0n) is 18.1. The summed E-state index contributed by atoms with van der Waals surface area (Å²) in [5.74, 6) is 1.46. The Morgan fingerprint density at radius 2 is 2.00 bits per heavy atom. The lowest BCUT2D eigenvalue weighted by atomic mass is 10.1. The molecule has 0 radical (unpaired) electrons. The number of nitrogens with zero attached hydrogens (tertiary/aromatic N) is 4. The highest BCUT2D eigenvalue weighted by Gasteiger charge is 2.45. The predicted molar refractivity (Wildman–Crippen MR) is 119 cm³/mol. The summed E-state index contributed by atoms with van der Waals surface area (Å²) in [7, 11) is 1.63. The monoisotopic (exact) mass is 475 g/mol. The maximum absolute atomic E-state index is 11.5. The molecule has 3 N–H and O–H groups in total. The number of aliphatic hydroxyl groups excluding tert-OH is 2. The summed E-state index contributed by atoms with van der Waals surface area (Å²) in [5, 5.41) is 24.1. The molecule has 0 aliphatic carbocycles. The number of aromatic nitrogens is 4. The third-order valence-corrected chi connectivity index (χ3v) is 6.22. The minimum atomic E-state index is -1.25. The van der Waals surface area contributed by atoms with Crippen molar-refractivity contribution in [3.8, 4) is 5.75 Å². The molecule has 1 fully saturated rings. The number of hydrogen-bond donors (Lipinski definition) is 3. The molecule has 4 atom stereocenters. The SMILES string of the molecule is CCNC(=O)OCC1OC(n2cnc3c(SCc4ccc(OC)cc4)ncnc32)C(O)C1O. The number of methoxy groups -OCH3 is 1. The van der Waals surface area contributed by atoms with Crippen molar-refractivity contribution in [2.75, 3.05) is 20.3 Å². The quantitative estimate of drug-likeness (QED) is 0.324. The van der Waals surface area contributed by atoms with E-state index < -0.39 is 30.6 Å². The third kappa shape index (κ3) is 5.03. The standard InChI is InChI=1S/C21H25N5O6S/c1-3-22-21(29)31-8-14-16(27)17(28)20(32-14)26-11-25-15-18(26)23-10-24-19(15)33-9-12-4-6-13(30-2)7-5-12/h4-7,10-11,14,16-17,20,27-28H,3,8-9H2,1-2H3,(H,22,29). The maximum atomic E-state index is 11.5. The zero-order valence-corrected chi connectivity index (χ0v) is 18.9. The average Bonchev–Trinajstić information content (AvgIpc) is 3.38. The number of fused-ring (bicyclic) bond motifs is 1. The van der Waals surface area contributed by atoms with Crippen molar-refractivity contribution in [2.45, 2.75) is 42.2 Å². The fourth-order valence-corrected chi connectivity index (χ4v) is 4.34. The van der Waals surface area contributed by atoms with E-state index >= 15 is 0 Å². The van der Waals surface area contributed by atoms with Gasteiger partial charge in [-0.2, -0.15) is 0 Å². The van der Waals surface area contributed by atoms with Crippen LogP contribution in [0.15, 0.2) is 41.9 Å². The van der Waals surface area contributed by atoms with Gasteiger partial charge in [-0.1, -0.05) is 23.9 Å². The summed E-state index contributed by atoms with van der Waals surface area (Å²) in [6, 6.07) is 7.76. The predicted octanol–water partition coefficient (Wildman–Crippen LogP) is 1.49. The summed E-state index contributed by atoms with van der Waals surface area (Å²) in [6.07, 6.45) is -2.04. The van der Waals surface area contributed by atoms with Crippen LogP contribution in [0.2, 0.25) is 0 Å². The van der Waals surface area contributed by atoms with Crippen molar-refractivity contribution in [3.63, 3.8) is 0 Å². The van der Waals surface area contributed by atoms with Gasteiger partial charge in [-0.25, -0.2) is 19.7 Å². The maximum Gasteiger partial charge on any atom is 0.407 e. The first-order chi connectivity index (χ1) is 16.0. The van der Waals surface area contributed by atoms with E-state index in [1.807, 2.05) is 24.3 Å². The molecule has 0 saturated carbocycles. The number of rotatable bonds is 8. The second kappa shape index (κ2) is 10.3. The van der Waals surface area contributed by atoms with Crippen molar-refractivity contribution in [2.24, 2.45) is 0 Å². The lowest BCUT2D eigenvalue weighted by molar-refractivity contribution is -0.0532. The van der Waals surface area contributed by atoms with Crippen LogP contribution in [0.1, 0.15) is 18.7 Å². The Hall–Kier alpha value is -2.93. The van der Waals surface area contributed by atoms with Crippen LogP contribution in [0.5, 0.6) is 5.75 Å². The normalized spacial score (nSPS) is 22.4. The largest absolute Gasteiger partial charge is 0.497 e. The Bertz CT molecular complexity index is 1090. The van der Waals surface area contributed by atoms with Crippen LogP contribution in [-0.4, -0.2) is 74.4 Å². The number of imidazole rings is 1. The van der Waals surface area contributed by atoms with Crippen molar-refractivity contribution in [1.82, 2.24) is 24.8 Å². The number of thioether (sulfide) groups is 1. The molecule has 11 nitrogen and oxygen atoms in total. The summed E-state index contributed by atoms with van der Waals surface area (Å²) in [5.41, 5.74) is 2.12. The van der Waals surface area contributed by atoms with Crippen molar-refractivity contribution >= 4 is 29.0 Å². The molecule has 4 rings (SSSR count). The highest BCUT2D eigenvalue weighted by molar-refractivity contribution is 7.98. The number of amides is 1. The van der Waals surface area contributed by atoms with Gasteiger partial charge in [0, 0.05) is 12.3 Å². The minimum absolute atomic E-state index is 0.203. The number of benzene rings is 1. The Morgan fingerprint density at radius 1 is 1.21 bits per heavy atom. The minimum Gasteiger partial charge on any atom is -0.497 e. The molecule has 1 saturated heterocycles. The third-order valence-electron chi connectivity index (χ3n) is 5.17. The Morgan fingerprint density at radius 3 is 2.73 bits per heavy atom. The molecule has 4 unspecified atom stereocenters. The number of carbonyl (C=O) groups excluding carboxylic acids is 1. The van der Waals surface area contributed by atoms with Crippen LogP contribution in [0, 0.1) is 0 Å². The molecule has 1 aliphatic heterocycles. The fraction of sp³-hybridized carbons (Fsp3) is 0.429. The molecule has 0 bridgehead atoms. The van der Waals surface area contributed by atoms with Crippen LogP contribution in [0.4, 0.5) is 4.79 Å². The molecule has 2 aromatic heterocycles. The second-order valence-electron chi connectivity index (χ2n) is 7.31. The van der Waals surface area contributed by atoms with Gasteiger partial charge < -0.3 is 29.7 Å². The van der Waals surface area contributed by atoms with Crippen molar-refractivity contribution in [3.05, 3.63) is 42.5 Å². The van der Waals surface area contributed by atoms with Crippen LogP contribution in [0.25, 0.3) is 11.2 Å². The molecular weight excluding hydrogens is 450 g/mol. The van der Waals surface area contributed by atoms with E-state index in [1.165, 1.54) is 24.4 Å². The lowest BCUT2D eigenvalue weighted by Gasteiger charge is -2.16. The van der Waals surface area contributed by atoms with E-state index in [0.29, 0.717) is 28.5 Å². The first-order valence-corrected chi connectivity index (χ1v) is 11.4. The summed E-state index contributed by atoms with van der Waals surface area (Å²) in [4.78, 5) is 24.6. The number of carbonyl (C=O) groups is 1. The number of aliphatic hydroxyl groups is 2. The van der Waals surface area contributed by atoms with Crippen molar-refractivity contribution < 1.29 is 29.2 Å². The van der Waals surface area contributed by atoms with E-state index in [-0.39, 0.29) is 6.61 Å². The van der Waals surface area contributed by atoms with E-state index in [4.69, 9.17) is 14.2 Å². The van der Waals surface area contributed by atoms with Gasteiger partial charge in [-0.05, 0) is 24.6 Å². The van der Waals surface area contributed by atoms with Gasteiger partial charge in [-0.3, -0.25) is 4.57 Å². The smallest absolute Gasteiger partial charge is 0.407 e. The number of nitrogens with one attached hydrogen (secondary N) is 1. The van der Waals surface area contributed by atoms with Crippen molar-refractivity contribution in [1.29, 1.82) is 0 Å². The Balaban J connectivity index is 1.48. The summed E-state index contributed by atoms with van der Waals surface area (Å²) >= 11 is 1.51. The number of ether oxygens (including phenoxy) is 3. The van der Waals surface area contributed by atoms with Gasteiger partial charge in [0.05, 0.1) is 13.4 Å². The Labute approximate surface area is 194 Å². The average molecular weight is 476 g/mol. The Kier molecular flexibility index (Phi) is 7.28. The first-order valence-electron chi connectivity index (χ1n) is 10.4. The van der Waals surface area contributed by atoms with Crippen LogP contribution in [0.3, 0.4) is 0 Å². The van der Waals surface area contributed by atoms with Gasteiger partial charge in [-0.15, -0.1) is 0 Å². The van der Waals surface area contributed by atoms with Crippen LogP contribution < -0.4 is 10.1 Å². The van der Waals surface area contributed by atoms with Gasteiger partial charge in [0.1, 0.15) is 47.5 Å². The van der Waals surface area contributed by atoms with Gasteiger partial charge in [0.25, 0.3) is 0 Å². The van der Waals surface area contributed by atoms with E-state index in [0.717, 1.165) is 11.3 Å². The molecule has 0 spiro atoms. The lowest BCUT2D eigenvalue weighted by Crippen LogP contribution is -2.35. The number of hydrogen-bond acceptors (Lipinski definition) is 10. The molecule has 176 valence electrons. The molecule has 12 heteroatoms. The molecule has 1 aromatic carbocycles. The van der Waals surface area contributed by atoms with E-state index in [1.54, 1.807) is 18.6 Å². The fourth-order valence-electron chi connectivity index (χ4n) is 3.45. The molecule has 1 amide bonds. The first kappa shape index (κ1) is 23.2. The van der Waals surface area contributed by atoms with Gasteiger partial charge in [0.15, 0.2) is 11.9 Å². The molecule has 3 heterocycles. The molecular formula is C21H25N5O6S. The van der Waals surface area contributed by atoms with Gasteiger partial charge in [0.2, 0.25) is 0 Å². The summed E-state index contributed by atoms with van der Waals surface area (Å²) < 4.78 is 17.6. The highest BCUT2D eigenvalue weighted by Crippen LogP contribution is 2.33.